The zero-order valence-corrected chi connectivity index (χ0v) is 18.1. The Morgan fingerprint density at radius 1 is 1.09 bits per heavy atom. The minimum absolute atomic E-state index is 0.384. The van der Waals surface area contributed by atoms with Gasteiger partial charge in [0.1, 0.15) is 11.7 Å². The van der Waals surface area contributed by atoms with Crippen LogP contribution < -0.4 is 0 Å². The van der Waals surface area contributed by atoms with Gasteiger partial charge in [0.25, 0.3) is 0 Å². The maximum absolute atomic E-state index is 11.5. The Labute approximate surface area is 185 Å². The molecule has 9 nitrogen and oxygen atoms in total. The molecule has 0 radical (unpaired) electrons. The molecule has 0 aliphatic heterocycles. The topological polar surface area (TPSA) is 122 Å². The first-order chi connectivity index (χ1) is 15.6. The van der Waals surface area contributed by atoms with Gasteiger partial charge in [-0.05, 0) is 40.0 Å². The molecular formula is C23H25N7O2. The summed E-state index contributed by atoms with van der Waals surface area (Å²) in [4.78, 5) is 16.1. The van der Waals surface area contributed by atoms with Crippen molar-refractivity contribution < 1.29 is 9.90 Å². The van der Waals surface area contributed by atoms with E-state index >= 15 is 0 Å². The van der Waals surface area contributed by atoms with Crippen molar-refractivity contribution in [2.45, 2.75) is 45.6 Å². The molecule has 32 heavy (non-hydrogen) atoms. The molecule has 4 rings (SSSR count). The van der Waals surface area contributed by atoms with Gasteiger partial charge < -0.3 is 5.11 Å². The predicted molar refractivity (Wildman–Crippen MR) is 119 cm³/mol. The molecule has 0 aliphatic rings. The summed E-state index contributed by atoms with van der Waals surface area (Å²) in [6.45, 7) is 4.44. The van der Waals surface area contributed by atoms with Gasteiger partial charge in [-0.2, -0.15) is 5.10 Å². The van der Waals surface area contributed by atoms with E-state index in [1.165, 1.54) is 0 Å². The molecule has 2 N–H and O–H groups in total. The van der Waals surface area contributed by atoms with Gasteiger partial charge >= 0.3 is 5.97 Å². The quantitative estimate of drug-likeness (QED) is 0.414. The van der Waals surface area contributed by atoms with Crippen LogP contribution in [0.5, 0.6) is 0 Å². The third kappa shape index (κ3) is 4.41. The molecule has 0 amide bonds. The van der Waals surface area contributed by atoms with Crippen LogP contribution in [0, 0.1) is 0 Å². The summed E-state index contributed by atoms with van der Waals surface area (Å²) >= 11 is 0. The molecular weight excluding hydrogens is 406 g/mol. The second kappa shape index (κ2) is 9.51. The van der Waals surface area contributed by atoms with Gasteiger partial charge in [0.2, 0.25) is 0 Å². The number of H-pyrrole nitrogens is 1. The normalized spacial score (nSPS) is 12.1. The molecule has 0 aliphatic carbocycles. The van der Waals surface area contributed by atoms with Crippen molar-refractivity contribution in [1.82, 2.24) is 35.4 Å². The van der Waals surface area contributed by atoms with E-state index in [0.717, 1.165) is 40.9 Å². The van der Waals surface area contributed by atoms with Crippen molar-refractivity contribution in [1.29, 1.82) is 0 Å². The lowest BCUT2D eigenvalue weighted by molar-refractivity contribution is -0.139. The molecule has 0 bridgehead atoms. The molecule has 0 saturated carbocycles. The van der Waals surface area contributed by atoms with Crippen molar-refractivity contribution in [2.75, 3.05) is 0 Å². The Morgan fingerprint density at radius 2 is 1.84 bits per heavy atom. The number of carboxylic acids is 1. The molecule has 0 spiro atoms. The van der Waals surface area contributed by atoms with Crippen molar-refractivity contribution in [3.8, 4) is 22.5 Å². The fourth-order valence-corrected chi connectivity index (χ4v) is 3.72. The van der Waals surface area contributed by atoms with E-state index in [9.17, 15) is 9.90 Å². The number of aliphatic carboxylic acids is 1. The highest BCUT2D eigenvalue weighted by atomic mass is 16.4. The number of carboxylic acid groups (broad SMARTS) is 1. The number of aryl methyl sites for hydroxylation is 1. The number of nitrogens with zero attached hydrogens (tertiary/aromatic N) is 6. The van der Waals surface area contributed by atoms with Gasteiger partial charge in [0.15, 0.2) is 11.6 Å². The van der Waals surface area contributed by atoms with Gasteiger partial charge in [-0.15, -0.1) is 5.10 Å². The van der Waals surface area contributed by atoms with Crippen LogP contribution in [0.3, 0.4) is 0 Å². The highest BCUT2D eigenvalue weighted by Crippen LogP contribution is 2.30. The number of rotatable bonds is 9. The number of aromatic amines is 1. The van der Waals surface area contributed by atoms with Crippen LogP contribution in [0.25, 0.3) is 22.5 Å². The summed E-state index contributed by atoms with van der Waals surface area (Å²) in [5.41, 5.74) is 4.06. The number of aromatic nitrogens is 7. The number of nitrogens with one attached hydrogen (secondary N) is 1. The van der Waals surface area contributed by atoms with Gasteiger partial charge in [0.05, 0.1) is 6.54 Å². The van der Waals surface area contributed by atoms with Gasteiger partial charge in [-0.25, -0.2) is 14.8 Å². The molecule has 164 valence electrons. The third-order valence-electron chi connectivity index (χ3n) is 5.38. The maximum Gasteiger partial charge on any atom is 0.314 e. The van der Waals surface area contributed by atoms with Crippen LogP contribution in [0.1, 0.15) is 49.8 Å². The van der Waals surface area contributed by atoms with Crippen molar-refractivity contribution in [3.05, 3.63) is 65.7 Å². The summed E-state index contributed by atoms with van der Waals surface area (Å²) in [5.74, 6) is 0.242. The summed E-state index contributed by atoms with van der Waals surface area (Å²) in [6.07, 6.45) is 2.12. The number of benzene rings is 2. The SMILES string of the molecule is CCCc1nc(C(CC)C(=O)O)nn1Cc1ccc(-c2ccccc2-c2nnn[nH]2)cc1. The first-order valence-electron chi connectivity index (χ1n) is 10.7. The number of hydrogen-bond donors (Lipinski definition) is 2. The third-order valence-corrected chi connectivity index (χ3v) is 5.38. The second-order valence-electron chi connectivity index (χ2n) is 7.59. The molecule has 1 atom stereocenters. The Bertz CT molecular complexity index is 1180. The standard InChI is InChI=1S/C23H25N7O2/c1-3-7-20-24-21(17(4-2)23(31)32)27-30(20)14-15-10-12-16(13-11-15)18-8-5-6-9-19(18)22-25-28-29-26-22/h5-6,8-13,17H,3-4,7,14H2,1-2H3,(H,31,32)(H,25,26,28,29). The highest BCUT2D eigenvalue weighted by molar-refractivity contribution is 5.80. The maximum atomic E-state index is 11.5. The monoisotopic (exact) mass is 431 g/mol. The minimum Gasteiger partial charge on any atom is -0.481 e. The fraction of sp³-hybridized carbons (Fsp3) is 0.304. The van der Waals surface area contributed by atoms with E-state index in [4.69, 9.17) is 0 Å². The summed E-state index contributed by atoms with van der Waals surface area (Å²) in [6, 6.07) is 16.2. The van der Waals surface area contributed by atoms with E-state index in [0.29, 0.717) is 24.6 Å². The van der Waals surface area contributed by atoms with Crippen molar-refractivity contribution in [2.24, 2.45) is 0 Å². The van der Waals surface area contributed by atoms with Crippen LogP contribution in [0.15, 0.2) is 48.5 Å². The molecule has 1 unspecified atom stereocenters. The minimum atomic E-state index is -0.891. The van der Waals surface area contributed by atoms with Gasteiger partial charge in [-0.3, -0.25) is 4.79 Å². The van der Waals surface area contributed by atoms with Crippen LogP contribution in [-0.2, 0) is 17.8 Å². The summed E-state index contributed by atoms with van der Waals surface area (Å²) in [7, 11) is 0. The van der Waals surface area contributed by atoms with Gasteiger partial charge in [0, 0.05) is 12.0 Å². The van der Waals surface area contributed by atoms with Crippen LogP contribution in [0.4, 0.5) is 0 Å². The van der Waals surface area contributed by atoms with Crippen LogP contribution in [0.2, 0.25) is 0 Å². The lowest BCUT2D eigenvalue weighted by atomic mass is 9.98. The van der Waals surface area contributed by atoms with Crippen LogP contribution in [-0.4, -0.2) is 46.5 Å². The largest absolute Gasteiger partial charge is 0.481 e. The summed E-state index contributed by atoms with van der Waals surface area (Å²) < 4.78 is 1.83. The second-order valence-corrected chi connectivity index (χ2v) is 7.59. The van der Waals surface area contributed by atoms with E-state index in [1.54, 1.807) is 0 Å². The molecule has 2 aromatic heterocycles. The van der Waals surface area contributed by atoms with E-state index in [1.807, 2.05) is 35.9 Å². The molecule has 9 heteroatoms. The van der Waals surface area contributed by atoms with Gasteiger partial charge in [-0.1, -0.05) is 62.4 Å². The zero-order chi connectivity index (χ0) is 22.5. The summed E-state index contributed by atoms with van der Waals surface area (Å²) in [5, 5.41) is 28.2. The molecule has 2 aromatic carbocycles. The lowest BCUT2D eigenvalue weighted by Crippen LogP contribution is -2.13. The smallest absolute Gasteiger partial charge is 0.314 e. The van der Waals surface area contributed by atoms with E-state index < -0.39 is 11.9 Å². The highest BCUT2D eigenvalue weighted by Gasteiger charge is 2.24. The number of hydrogen-bond acceptors (Lipinski definition) is 6. The number of tetrazole rings is 1. The van der Waals surface area contributed by atoms with E-state index in [-0.39, 0.29) is 0 Å². The van der Waals surface area contributed by atoms with E-state index in [2.05, 4.69) is 61.9 Å². The fourth-order valence-electron chi connectivity index (χ4n) is 3.72. The Hall–Kier alpha value is -3.88. The number of carbonyl (C=O) groups is 1. The van der Waals surface area contributed by atoms with Crippen molar-refractivity contribution >= 4 is 5.97 Å². The Morgan fingerprint density at radius 3 is 2.47 bits per heavy atom. The Balaban J connectivity index is 1.60. The molecule has 4 aromatic rings. The average molecular weight is 432 g/mol. The van der Waals surface area contributed by atoms with Crippen LogP contribution >= 0.6 is 0 Å². The van der Waals surface area contributed by atoms with Crippen molar-refractivity contribution in [3.63, 3.8) is 0 Å². The molecule has 0 fully saturated rings. The average Bonchev–Trinajstić information content (AvgIpc) is 3.46. The first-order valence-corrected chi connectivity index (χ1v) is 10.7. The first kappa shape index (κ1) is 21.4. The molecule has 0 saturated heterocycles. The zero-order valence-electron chi connectivity index (χ0n) is 18.1. The molecule has 2 heterocycles. The lowest BCUT2D eigenvalue weighted by Gasteiger charge is -2.09. The predicted octanol–water partition coefficient (Wildman–Crippen LogP) is 3.70. The Kier molecular flexibility index (Phi) is 6.34.